The van der Waals surface area contributed by atoms with Crippen molar-refractivity contribution >= 4 is 16.9 Å². The van der Waals surface area contributed by atoms with Crippen LogP contribution in [0.25, 0.3) is 11.0 Å². The highest BCUT2D eigenvalue weighted by Crippen LogP contribution is 2.48. The second kappa shape index (κ2) is 5.72. The fourth-order valence-electron chi connectivity index (χ4n) is 5.20. The van der Waals surface area contributed by atoms with Crippen molar-refractivity contribution in [2.45, 2.75) is 51.6 Å². The van der Waals surface area contributed by atoms with Gasteiger partial charge in [-0.2, -0.15) is 0 Å². The Hall–Kier alpha value is -2.10. The summed E-state index contributed by atoms with van der Waals surface area (Å²) in [7, 11) is 0. The number of aryl methyl sites for hydroxylation is 2. The molecule has 25 heavy (non-hydrogen) atoms. The molecular formula is C21H22O4. The van der Waals surface area contributed by atoms with E-state index in [9.17, 15) is 9.59 Å². The zero-order chi connectivity index (χ0) is 17.0. The van der Waals surface area contributed by atoms with Crippen LogP contribution in [-0.2, 0) is 29.0 Å². The summed E-state index contributed by atoms with van der Waals surface area (Å²) in [4.78, 5) is 24.4. The van der Waals surface area contributed by atoms with Gasteiger partial charge in [-0.1, -0.05) is 6.42 Å². The standard InChI is InChI=1S/C21H22O4/c22-20-10-16(11-24-21(23)18-7-12-4-5-15(18)6-12)17-8-13-2-1-3-14(13)9-19(17)25-20/h8-10,12,15,18H,1-7,11H2. The van der Waals surface area contributed by atoms with Crippen LogP contribution in [-0.4, -0.2) is 5.97 Å². The fourth-order valence-corrected chi connectivity index (χ4v) is 5.20. The molecule has 5 rings (SSSR count). The number of carbonyl (C=O) groups excluding carboxylic acids is 1. The van der Waals surface area contributed by atoms with Crippen molar-refractivity contribution in [2.24, 2.45) is 17.8 Å². The van der Waals surface area contributed by atoms with Gasteiger partial charge in [0, 0.05) is 17.0 Å². The number of ether oxygens (including phenoxy) is 1. The van der Waals surface area contributed by atoms with Gasteiger partial charge in [0.25, 0.3) is 0 Å². The first-order valence-electron chi connectivity index (χ1n) is 9.42. The summed E-state index contributed by atoms with van der Waals surface area (Å²) in [6.45, 7) is 0.160. The Labute approximate surface area is 146 Å². The SMILES string of the molecule is O=C(OCc1cc(=O)oc2cc3c(cc12)CCC3)C1CC2CCC1C2. The molecule has 2 fully saturated rings. The van der Waals surface area contributed by atoms with E-state index in [4.69, 9.17) is 9.15 Å². The molecule has 4 nitrogen and oxygen atoms in total. The van der Waals surface area contributed by atoms with Gasteiger partial charge in [-0.3, -0.25) is 4.79 Å². The summed E-state index contributed by atoms with van der Waals surface area (Å²) in [6, 6.07) is 5.57. The van der Waals surface area contributed by atoms with Crippen molar-refractivity contribution in [3.63, 3.8) is 0 Å². The molecule has 3 aliphatic carbocycles. The normalized spacial score (nSPS) is 27.0. The van der Waals surface area contributed by atoms with Gasteiger partial charge in [0.1, 0.15) is 12.2 Å². The van der Waals surface area contributed by atoms with Crippen molar-refractivity contribution in [2.75, 3.05) is 0 Å². The third-order valence-corrected chi connectivity index (χ3v) is 6.45. The predicted molar refractivity (Wildman–Crippen MR) is 93.2 cm³/mol. The summed E-state index contributed by atoms with van der Waals surface area (Å²) in [6.07, 6.45) is 7.84. The fraction of sp³-hybridized carbons (Fsp3) is 0.524. The summed E-state index contributed by atoms with van der Waals surface area (Å²) in [5.41, 5.74) is 3.59. The summed E-state index contributed by atoms with van der Waals surface area (Å²) in [5, 5.41) is 0.904. The maximum absolute atomic E-state index is 12.5. The van der Waals surface area contributed by atoms with Crippen molar-refractivity contribution in [1.29, 1.82) is 0 Å². The minimum Gasteiger partial charge on any atom is -0.461 e. The van der Waals surface area contributed by atoms with Gasteiger partial charge in [-0.05, 0) is 73.6 Å². The van der Waals surface area contributed by atoms with Gasteiger partial charge >= 0.3 is 11.6 Å². The lowest BCUT2D eigenvalue weighted by Gasteiger charge is -2.20. The van der Waals surface area contributed by atoms with Crippen LogP contribution in [0.1, 0.15) is 48.8 Å². The Morgan fingerprint density at radius 3 is 2.72 bits per heavy atom. The Balaban J connectivity index is 1.41. The van der Waals surface area contributed by atoms with Gasteiger partial charge in [0.2, 0.25) is 0 Å². The van der Waals surface area contributed by atoms with E-state index in [-0.39, 0.29) is 24.1 Å². The quantitative estimate of drug-likeness (QED) is 0.631. The van der Waals surface area contributed by atoms with Crippen molar-refractivity contribution in [3.05, 3.63) is 45.3 Å². The highest BCUT2D eigenvalue weighted by molar-refractivity contribution is 5.82. The highest BCUT2D eigenvalue weighted by atomic mass is 16.5. The maximum Gasteiger partial charge on any atom is 0.336 e. The topological polar surface area (TPSA) is 56.5 Å². The number of fused-ring (bicyclic) bond motifs is 4. The number of benzene rings is 1. The van der Waals surface area contributed by atoms with E-state index in [2.05, 4.69) is 6.07 Å². The Bertz CT molecular complexity index is 910. The lowest BCUT2D eigenvalue weighted by molar-refractivity contribution is -0.151. The van der Waals surface area contributed by atoms with E-state index in [0.717, 1.165) is 49.0 Å². The van der Waals surface area contributed by atoms with Gasteiger partial charge in [-0.15, -0.1) is 0 Å². The van der Waals surface area contributed by atoms with E-state index in [1.165, 1.54) is 30.0 Å². The first-order chi connectivity index (χ1) is 12.2. The molecule has 1 heterocycles. The van der Waals surface area contributed by atoms with Gasteiger partial charge < -0.3 is 9.15 Å². The second-order valence-corrected chi connectivity index (χ2v) is 7.95. The monoisotopic (exact) mass is 338 g/mol. The summed E-state index contributed by atoms with van der Waals surface area (Å²) < 4.78 is 11.0. The molecule has 0 amide bonds. The van der Waals surface area contributed by atoms with Crippen LogP contribution in [0, 0.1) is 17.8 Å². The minimum atomic E-state index is -0.378. The number of esters is 1. The second-order valence-electron chi connectivity index (χ2n) is 7.95. The zero-order valence-corrected chi connectivity index (χ0v) is 14.3. The largest absolute Gasteiger partial charge is 0.461 e. The third kappa shape index (κ3) is 2.59. The maximum atomic E-state index is 12.5. The van der Waals surface area contributed by atoms with Crippen LogP contribution in [0.4, 0.5) is 0 Å². The molecule has 3 aliphatic rings. The van der Waals surface area contributed by atoms with Crippen LogP contribution >= 0.6 is 0 Å². The van der Waals surface area contributed by atoms with Gasteiger partial charge in [0.15, 0.2) is 0 Å². The lowest BCUT2D eigenvalue weighted by Crippen LogP contribution is -2.23. The van der Waals surface area contributed by atoms with E-state index in [1.54, 1.807) is 0 Å². The molecule has 3 atom stereocenters. The molecule has 1 aromatic heterocycles. The van der Waals surface area contributed by atoms with Crippen molar-refractivity contribution in [1.82, 2.24) is 0 Å². The number of hydrogen-bond acceptors (Lipinski definition) is 4. The van der Waals surface area contributed by atoms with Crippen molar-refractivity contribution < 1.29 is 13.9 Å². The number of carbonyl (C=O) groups is 1. The molecule has 2 aromatic rings. The van der Waals surface area contributed by atoms with Crippen LogP contribution in [0.2, 0.25) is 0 Å². The Morgan fingerprint density at radius 1 is 1.12 bits per heavy atom. The van der Waals surface area contributed by atoms with Gasteiger partial charge in [0.05, 0.1) is 5.92 Å². The molecule has 0 radical (unpaired) electrons. The molecular weight excluding hydrogens is 316 g/mol. The molecule has 1 aromatic carbocycles. The van der Waals surface area contributed by atoms with Crippen LogP contribution in [0.15, 0.2) is 27.4 Å². The van der Waals surface area contributed by atoms with Gasteiger partial charge in [-0.25, -0.2) is 4.79 Å². The molecule has 0 N–H and O–H groups in total. The molecule has 2 bridgehead atoms. The molecule has 0 spiro atoms. The van der Waals surface area contributed by atoms with Crippen LogP contribution in [0.5, 0.6) is 0 Å². The molecule has 130 valence electrons. The van der Waals surface area contributed by atoms with Crippen molar-refractivity contribution in [3.8, 4) is 0 Å². The molecule has 2 saturated carbocycles. The zero-order valence-electron chi connectivity index (χ0n) is 14.3. The highest BCUT2D eigenvalue weighted by Gasteiger charge is 2.43. The minimum absolute atomic E-state index is 0.0642. The van der Waals surface area contributed by atoms with E-state index in [0.29, 0.717) is 11.5 Å². The lowest BCUT2D eigenvalue weighted by atomic mass is 9.89. The average Bonchev–Trinajstić information content (AvgIpc) is 3.33. The van der Waals surface area contributed by atoms with Crippen LogP contribution < -0.4 is 5.63 Å². The molecule has 4 heteroatoms. The van der Waals surface area contributed by atoms with Crippen LogP contribution in [0.3, 0.4) is 0 Å². The Kier molecular flexibility index (Phi) is 3.47. The average molecular weight is 338 g/mol. The van der Waals surface area contributed by atoms with E-state index >= 15 is 0 Å². The van der Waals surface area contributed by atoms with E-state index < -0.39 is 0 Å². The first kappa shape index (κ1) is 15.2. The molecule has 0 saturated heterocycles. The number of rotatable bonds is 3. The summed E-state index contributed by atoms with van der Waals surface area (Å²) in [5.74, 6) is 1.21. The number of hydrogen-bond donors (Lipinski definition) is 0. The Morgan fingerprint density at radius 2 is 1.96 bits per heavy atom. The molecule has 3 unspecified atom stereocenters. The third-order valence-electron chi connectivity index (χ3n) is 6.45. The smallest absolute Gasteiger partial charge is 0.336 e. The van der Waals surface area contributed by atoms with E-state index in [1.807, 2.05) is 6.07 Å². The first-order valence-corrected chi connectivity index (χ1v) is 9.42. The molecule has 0 aliphatic heterocycles. The predicted octanol–water partition coefficient (Wildman–Crippen LogP) is 3.76. The summed E-state index contributed by atoms with van der Waals surface area (Å²) >= 11 is 0.